The van der Waals surface area contributed by atoms with Crippen LogP contribution in [0, 0.1) is 5.41 Å². The van der Waals surface area contributed by atoms with Gasteiger partial charge in [0.25, 0.3) is 0 Å². The number of rotatable bonds is 6. The molecular weight excluding hydrogens is 320 g/mol. The average Bonchev–Trinajstić information content (AvgIpc) is 2.62. The number of hydrogen-bond donors (Lipinski definition) is 2. The summed E-state index contributed by atoms with van der Waals surface area (Å²) >= 11 is 0. The van der Waals surface area contributed by atoms with Crippen molar-refractivity contribution >= 4 is 23.2 Å². The molecule has 6 nitrogen and oxygen atoms in total. The molecule has 0 heterocycles. The first kappa shape index (κ1) is 18.3. The molecule has 0 spiro atoms. The summed E-state index contributed by atoms with van der Waals surface area (Å²) in [4.78, 5) is 25.0. The van der Waals surface area contributed by atoms with E-state index in [1.165, 1.54) is 0 Å². The maximum atomic E-state index is 12.5. The third kappa shape index (κ3) is 4.50. The van der Waals surface area contributed by atoms with Crippen LogP contribution in [0.5, 0.6) is 11.5 Å². The molecule has 0 radical (unpaired) electrons. The second-order valence-electron chi connectivity index (χ2n) is 5.99. The summed E-state index contributed by atoms with van der Waals surface area (Å²) in [6, 6.07) is 13.9. The Bertz CT molecular complexity index is 754. The minimum Gasteiger partial charge on any atom is -0.497 e. The van der Waals surface area contributed by atoms with Crippen molar-refractivity contribution in [1.82, 2.24) is 0 Å². The van der Waals surface area contributed by atoms with E-state index in [2.05, 4.69) is 10.6 Å². The van der Waals surface area contributed by atoms with Gasteiger partial charge >= 0.3 is 0 Å². The van der Waals surface area contributed by atoms with Gasteiger partial charge in [0, 0.05) is 17.4 Å². The highest BCUT2D eigenvalue weighted by Crippen LogP contribution is 2.24. The van der Waals surface area contributed by atoms with Gasteiger partial charge in [-0.3, -0.25) is 9.59 Å². The van der Waals surface area contributed by atoms with Crippen LogP contribution in [0.3, 0.4) is 0 Å². The molecule has 2 rings (SSSR count). The first-order chi connectivity index (χ1) is 11.9. The van der Waals surface area contributed by atoms with E-state index in [0.717, 1.165) is 0 Å². The smallest absolute Gasteiger partial charge is 0.239 e. The number of ether oxygens (including phenoxy) is 2. The van der Waals surface area contributed by atoms with Gasteiger partial charge in [-0.05, 0) is 50.2 Å². The van der Waals surface area contributed by atoms with Crippen LogP contribution in [-0.4, -0.2) is 26.0 Å². The van der Waals surface area contributed by atoms with Gasteiger partial charge in [-0.15, -0.1) is 0 Å². The van der Waals surface area contributed by atoms with Crippen molar-refractivity contribution in [3.05, 3.63) is 48.5 Å². The van der Waals surface area contributed by atoms with Crippen molar-refractivity contribution in [3.8, 4) is 11.5 Å². The summed E-state index contributed by atoms with van der Waals surface area (Å²) in [6.07, 6.45) is 0. The van der Waals surface area contributed by atoms with Crippen LogP contribution in [0.2, 0.25) is 0 Å². The number of methoxy groups -OCH3 is 2. The number of benzene rings is 2. The van der Waals surface area contributed by atoms with Crippen molar-refractivity contribution in [2.24, 2.45) is 5.41 Å². The van der Waals surface area contributed by atoms with Crippen molar-refractivity contribution in [3.63, 3.8) is 0 Å². The van der Waals surface area contributed by atoms with Crippen molar-refractivity contribution in [2.45, 2.75) is 13.8 Å². The Morgan fingerprint density at radius 3 is 1.92 bits per heavy atom. The average molecular weight is 342 g/mol. The second-order valence-corrected chi connectivity index (χ2v) is 5.99. The molecule has 0 aliphatic rings. The Hall–Kier alpha value is -3.02. The molecule has 2 aromatic carbocycles. The predicted octanol–water partition coefficient (Wildman–Crippen LogP) is 3.31. The van der Waals surface area contributed by atoms with E-state index in [1.54, 1.807) is 76.6 Å². The van der Waals surface area contributed by atoms with Crippen molar-refractivity contribution < 1.29 is 19.1 Å². The quantitative estimate of drug-likeness (QED) is 0.790. The van der Waals surface area contributed by atoms with Gasteiger partial charge in [0.1, 0.15) is 16.9 Å². The van der Waals surface area contributed by atoms with Crippen molar-refractivity contribution in [2.75, 3.05) is 24.9 Å². The summed E-state index contributed by atoms with van der Waals surface area (Å²) < 4.78 is 10.2. The van der Waals surface area contributed by atoms with Gasteiger partial charge in [0.2, 0.25) is 11.8 Å². The number of carbonyl (C=O) groups excluding carboxylic acids is 2. The molecule has 6 heteroatoms. The predicted molar refractivity (Wildman–Crippen MR) is 97.0 cm³/mol. The Morgan fingerprint density at radius 1 is 0.800 bits per heavy atom. The van der Waals surface area contributed by atoms with Crippen LogP contribution < -0.4 is 20.1 Å². The van der Waals surface area contributed by atoms with Crippen LogP contribution in [0.25, 0.3) is 0 Å². The zero-order valence-electron chi connectivity index (χ0n) is 14.8. The molecule has 0 saturated heterocycles. The molecule has 0 bridgehead atoms. The SMILES string of the molecule is COc1ccc(NC(=O)C(C)(C)C(=O)Nc2cccc(OC)c2)cc1. The Labute approximate surface area is 147 Å². The van der Waals surface area contributed by atoms with Gasteiger partial charge in [-0.2, -0.15) is 0 Å². The second kappa shape index (κ2) is 7.70. The Kier molecular flexibility index (Phi) is 5.64. The summed E-state index contributed by atoms with van der Waals surface area (Å²) in [6.45, 7) is 3.14. The molecule has 132 valence electrons. The van der Waals surface area contributed by atoms with E-state index in [-0.39, 0.29) is 0 Å². The Balaban J connectivity index is 2.06. The fraction of sp³-hybridized carbons (Fsp3) is 0.263. The summed E-state index contributed by atoms with van der Waals surface area (Å²) in [5.41, 5.74) is -0.106. The monoisotopic (exact) mass is 342 g/mol. The zero-order chi connectivity index (χ0) is 18.4. The largest absolute Gasteiger partial charge is 0.497 e. The first-order valence-corrected chi connectivity index (χ1v) is 7.78. The molecule has 0 aromatic heterocycles. The van der Waals surface area contributed by atoms with E-state index in [0.29, 0.717) is 22.9 Å². The van der Waals surface area contributed by atoms with Crippen LogP contribution in [0.4, 0.5) is 11.4 Å². The molecule has 0 saturated carbocycles. The third-order valence-electron chi connectivity index (χ3n) is 3.81. The summed E-state index contributed by atoms with van der Waals surface area (Å²) in [5, 5.41) is 5.48. The number of carbonyl (C=O) groups is 2. The fourth-order valence-electron chi connectivity index (χ4n) is 2.05. The Morgan fingerprint density at radius 2 is 1.36 bits per heavy atom. The van der Waals surface area contributed by atoms with E-state index < -0.39 is 17.2 Å². The van der Waals surface area contributed by atoms with Crippen LogP contribution in [-0.2, 0) is 9.59 Å². The topological polar surface area (TPSA) is 76.7 Å². The number of anilines is 2. The lowest BCUT2D eigenvalue weighted by molar-refractivity contribution is -0.135. The minimum absolute atomic E-state index is 0.405. The van der Waals surface area contributed by atoms with Crippen LogP contribution >= 0.6 is 0 Å². The highest BCUT2D eigenvalue weighted by molar-refractivity contribution is 6.14. The molecule has 0 aliphatic heterocycles. The number of amides is 2. The normalized spacial score (nSPS) is 10.7. The molecule has 0 aliphatic carbocycles. The highest BCUT2D eigenvalue weighted by Gasteiger charge is 2.36. The lowest BCUT2D eigenvalue weighted by Gasteiger charge is -2.23. The standard InChI is InChI=1S/C19H22N2O4/c1-19(2,17(22)20-13-8-10-15(24-3)11-9-13)18(23)21-14-6-5-7-16(12-14)25-4/h5-12H,1-4H3,(H,20,22)(H,21,23). The first-order valence-electron chi connectivity index (χ1n) is 7.78. The molecule has 0 atom stereocenters. The maximum absolute atomic E-state index is 12.5. The molecule has 2 aromatic rings. The van der Waals surface area contributed by atoms with E-state index in [1.807, 2.05) is 0 Å². The number of hydrogen-bond acceptors (Lipinski definition) is 4. The molecule has 0 fully saturated rings. The number of nitrogens with one attached hydrogen (secondary N) is 2. The van der Waals surface area contributed by atoms with E-state index in [9.17, 15) is 9.59 Å². The lowest BCUT2D eigenvalue weighted by Crippen LogP contribution is -2.41. The minimum atomic E-state index is -1.26. The summed E-state index contributed by atoms with van der Waals surface area (Å²) in [5.74, 6) is 0.496. The summed E-state index contributed by atoms with van der Waals surface area (Å²) in [7, 11) is 3.12. The molecule has 25 heavy (non-hydrogen) atoms. The molecular formula is C19H22N2O4. The zero-order valence-corrected chi connectivity index (χ0v) is 14.8. The van der Waals surface area contributed by atoms with E-state index in [4.69, 9.17) is 9.47 Å². The van der Waals surface area contributed by atoms with Gasteiger partial charge in [0.15, 0.2) is 0 Å². The molecule has 2 amide bonds. The van der Waals surface area contributed by atoms with Crippen molar-refractivity contribution in [1.29, 1.82) is 0 Å². The highest BCUT2D eigenvalue weighted by atomic mass is 16.5. The molecule has 2 N–H and O–H groups in total. The van der Waals surface area contributed by atoms with E-state index >= 15 is 0 Å². The molecule has 0 unspecified atom stereocenters. The van der Waals surface area contributed by atoms with Gasteiger partial charge in [-0.1, -0.05) is 6.07 Å². The third-order valence-corrected chi connectivity index (χ3v) is 3.81. The van der Waals surface area contributed by atoms with Gasteiger partial charge < -0.3 is 20.1 Å². The maximum Gasteiger partial charge on any atom is 0.239 e. The van der Waals surface area contributed by atoms with Gasteiger partial charge in [0.05, 0.1) is 14.2 Å². The fourth-order valence-corrected chi connectivity index (χ4v) is 2.05. The van der Waals surface area contributed by atoms with Crippen LogP contribution in [0.1, 0.15) is 13.8 Å². The lowest BCUT2D eigenvalue weighted by atomic mass is 9.90. The van der Waals surface area contributed by atoms with Crippen LogP contribution in [0.15, 0.2) is 48.5 Å². The van der Waals surface area contributed by atoms with Gasteiger partial charge in [-0.25, -0.2) is 0 Å².